The van der Waals surface area contributed by atoms with Crippen LogP contribution in [0, 0.1) is 0 Å². The number of nitrogens with zero attached hydrogens (tertiary/aromatic N) is 5. The van der Waals surface area contributed by atoms with E-state index >= 15 is 0 Å². The average Bonchev–Trinajstić information content (AvgIpc) is 3.42. The summed E-state index contributed by atoms with van der Waals surface area (Å²) in [5.41, 5.74) is 3.75. The maximum Gasteiger partial charge on any atom is 0.340 e. The highest BCUT2D eigenvalue weighted by Crippen LogP contribution is 2.55. The van der Waals surface area contributed by atoms with E-state index in [0.29, 0.717) is 5.39 Å². The number of aliphatic hydroxyl groups is 2. The summed E-state index contributed by atoms with van der Waals surface area (Å²) in [6, 6.07) is 13.7. The van der Waals surface area contributed by atoms with Crippen LogP contribution in [0.4, 0.5) is 5.82 Å². The Labute approximate surface area is 230 Å². The van der Waals surface area contributed by atoms with E-state index in [4.69, 9.17) is 30.6 Å². The molecule has 4 aromatic rings. The molecule has 5 rings (SSSR count). The lowest BCUT2D eigenvalue weighted by molar-refractivity contribution is -0.0541. The molecule has 2 aromatic heterocycles. The normalized spacial score (nSPS) is 23.2. The molecule has 3 heterocycles. The van der Waals surface area contributed by atoms with Gasteiger partial charge in [0.25, 0.3) is 0 Å². The van der Waals surface area contributed by atoms with E-state index in [1.165, 1.54) is 6.20 Å². The van der Waals surface area contributed by atoms with Crippen molar-refractivity contribution < 1.29 is 43.3 Å². The fourth-order valence-electron chi connectivity index (χ4n) is 4.16. The number of ether oxygens (including phenoxy) is 1. The maximum absolute atomic E-state index is 11.9. The average molecular weight is 613 g/mol. The molecule has 6 N–H and O–H groups in total. The molecule has 1 fully saturated rings. The topological polar surface area (TPSA) is 222 Å². The van der Waals surface area contributed by atoms with Crippen LogP contribution in [0.3, 0.4) is 0 Å². The first-order chi connectivity index (χ1) is 18.9. The van der Waals surface area contributed by atoms with Gasteiger partial charge in [-0.25, -0.2) is 4.68 Å². The summed E-state index contributed by atoms with van der Waals surface area (Å²) in [5, 5.41) is 31.7. The van der Waals surface area contributed by atoms with Crippen molar-refractivity contribution in [2.24, 2.45) is 5.10 Å². The van der Waals surface area contributed by atoms with E-state index in [1.54, 1.807) is 6.21 Å². The fourth-order valence-corrected chi connectivity index (χ4v) is 6.89. The molecule has 0 saturated carbocycles. The standard InChI is InChI=1S/C22H23ClN6O9P2/c23-22-26-19(28-24-8-12-5-6-13-3-1-2-4-14(13)7-12)15-9-25-29(20(15)27-22)21-18(31)17(30)16(38-21)10-37-40(35,36)11-39(32,33)34/h1-9,16-18,21,30-31H,10-11H2,(H,35,36)(H,26,27,28)(H2,32,33,34)/b24-8+/t16-,17-,18-,21-/m1/s1. The SMILES string of the molecule is O=P(O)(O)CP(=O)(O)OC[C@H]1O[C@@H](n2ncc3c(N/N=C/c4ccc5ccccc5c4)nc(Cl)nc32)[C@H](O)[C@@H]1O. The van der Waals surface area contributed by atoms with Crippen molar-refractivity contribution in [1.82, 2.24) is 19.7 Å². The van der Waals surface area contributed by atoms with Crippen molar-refractivity contribution in [2.75, 3.05) is 17.9 Å². The van der Waals surface area contributed by atoms with Gasteiger partial charge in [0.2, 0.25) is 5.28 Å². The van der Waals surface area contributed by atoms with Gasteiger partial charge < -0.3 is 34.2 Å². The zero-order valence-corrected chi connectivity index (χ0v) is 22.8. The number of rotatable bonds is 9. The second kappa shape index (κ2) is 11.2. The van der Waals surface area contributed by atoms with Gasteiger partial charge in [-0.2, -0.15) is 20.2 Å². The van der Waals surface area contributed by atoms with Crippen LogP contribution in [-0.2, 0) is 18.4 Å². The van der Waals surface area contributed by atoms with Crippen molar-refractivity contribution >= 4 is 60.6 Å². The van der Waals surface area contributed by atoms with Crippen molar-refractivity contribution in [3.8, 4) is 0 Å². The monoisotopic (exact) mass is 612 g/mol. The number of hydrazone groups is 1. The number of aromatic nitrogens is 4. The number of nitrogens with one attached hydrogen (secondary N) is 1. The minimum atomic E-state index is -4.85. The molecule has 0 bridgehead atoms. The Morgan fingerprint density at radius 2 is 1.85 bits per heavy atom. The minimum absolute atomic E-state index is 0.121. The van der Waals surface area contributed by atoms with Gasteiger partial charge in [0, 0.05) is 0 Å². The molecule has 1 aliphatic heterocycles. The van der Waals surface area contributed by atoms with Gasteiger partial charge in [0.05, 0.1) is 24.4 Å². The Kier molecular flexibility index (Phi) is 8.06. The summed E-state index contributed by atoms with van der Waals surface area (Å²) in [6.07, 6.45) is -2.86. The predicted molar refractivity (Wildman–Crippen MR) is 144 cm³/mol. The summed E-state index contributed by atoms with van der Waals surface area (Å²) in [6.45, 7) is -0.742. The van der Waals surface area contributed by atoms with Crippen LogP contribution in [0.15, 0.2) is 53.8 Å². The first-order valence-electron chi connectivity index (χ1n) is 11.6. The number of benzene rings is 2. The number of anilines is 1. The Balaban J connectivity index is 1.33. The summed E-state index contributed by atoms with van der Waals surface area (Å²) < 4.78 is 34.5. The van der Waals surface area contributed by atoms with E-state index in [-0.39, 0.29) is 16.7 Å². The molecule has 0 radical (unpaired) electrons. The van der Waals surface area contributed by atoms with E-state index in [0.717, 1.165) is 21.0 Å². The van der Waals surface area contributed by atoms with Gasteiger partial charge in [-0.05, 0) is 34.0 Å². The third-order valence-electron chi connectivity index (χ3n) is 5.97. The van der Waals surface area contributed by atoms with Crippen LogP contribution in [0.5, 0.6) is 0 Å². The van der Waals surface area contributed by atoms with Gasteiger partial charge >= 0.3 is 15.2 Å². The second-order valence-electron chi connectivity index (χ2n) is 8.93. The van der Waals surface area contributed by atoms with Gasteiger partial charge in [0.15, 0.2) is 23.6 Å². The third-order valence-corrected chi connectivity index (χ3v) is 9.59. The Morgan fingerprint density at radius 3 is 2.60 bits per heavy atom. The van der Waals surface area contributed by atoms with Gasteiger partial charge in [0.1, 0.15) is 18.3 Å². The molecule has 1 aliphatic rings. The van der Waals surface area contributed by atoms with E-state index in [2.05, 4.69) is 25.6 Å². The Morgan fingerprint density at radius 1 is 1.10 bits per heavy atom. The van der Waals surface area contributed by atoms with Crippen molar-refractivity contribution in [1.29, 1.82) is 0 Å². The van der Waals surface area contributed by atoms with Crippen molar-refractivity contribution in [3.05, 3.63) is 59.5 Å². The van der Waals surface area contributed by atoms with Crippen LogP contribution in [0.2, 0.25) is 5.28 Å². The molecule has 2 aromatic carbocycles. The van der Waals surface area contributed by atoms with Crippen molar-refractivity contribution in [2.45, 2.75) is 24.5 Å². The second-order valence-corrected chi connectivity index (χ2v) is 13.3. The lowest BCUT2D eigenvalue weighted by Crippen LogP contribution is -2.33. The van der Waals surface area contributed by atoms with Crippen LogP contribution in [0.1, 0.15) is 11.8 Å². The van der Waals surface area contributed by atoms with Gasteiger partial charge in [-0.3, -0.25) is 14.6 Å². The molecule has 212 valence electrons. The van der Waals surface area contributed by atoms with E-state index in [9.17, 15) is 24.2 Å². The predicted octanol–water partition coefficient (Wildman–Crippen LogP) is 2.04. The van der Waals surface area contributed by atoms with E-state index < -0.39 is 52.2 Å². The molecule has 0 spiro atoms. The molecule has 18 heteroatoms. The molecule has 1 saturated heterocycles. The van der Waals surface area contributed by atoms with Crippen LogP contribution < -0.4 is 5.43 Å². The van der Waals surface area contributed by atoms with Gasteiger partial charge in [-0.1, -0.05) is 36.4 Å². The van der Waals surface area contributed by atoms with Crippen LogP contribution in [0.25, 0.3) is 21.8 Å². The minimum Gasteiger partial charge on any atom is -0.387 e. The number of hydrogen-bond acceptors (Lipinski definition) is 11. The van der Waals surface area contributed by atoms with Crippen LogP contribution >= 0.6 is 26.8 Å². The third kappa shape index (κ3) is 6.40. The quantitative estimate of drug-likeness (QED) is 0.0690. The summed E-state index contributed by atoms with van der Waals surface area (Å²) >= 11 is 6.12. The summed E-state index contributed by atoms with van der Waals surface area (Å²) in [4.78, 5) is 35.8. The largest absolute Gasteiger partial charge is 0.387 e. The first kappa shape index (κ1) is 28.7. The first-order valence-corrected chi connectivity index (χ1v) is 15.6. The number of halogens is 1. The lowest BCUT2D eigenvalue weighted by Gasteiger charge is -2.18. The number of aliphatic hydroxyl groups excluding tert-OH is 2. The summed E-state index contributed by atoms with van der Waals surface area (Å²) in [7, 11) is -9.56. The fraction of sp³-hybridized carbons (Fsp3) is 0.273. The zero-order chi connectivity index (χ0) is 28.7. The van der Waals surface area contributed by atoms with Crippen LogP contribution in [-0.4, -0.2) is 81.7 Å². The molecular weight excluding hydrogens is 590 g/mol. The number of fused-ring (bicyclic) bond motifs is 2. The van der Waals surface area contributed by atoms with Crippen molar-refractivity contribution in [3.63, 3.8) is 0 Å². The molecule has 5 atom stereocenters. The molecule has 40 heavy (non-hydrogen) atoms. The highest BCUT2D eigenvalue weighted by atomic mass is 35.5. The maximum atomic E-state index is 11.9. The molecule has 1 unspecified atom stereocenters. The number of hydrogen-bond donors (Lipinski definition) is 6. The summed E-state index contributed by atoms with van der Waals surface area (Å²) in [5.74, 6) is -1.21. The zero-order valence-electron chi connectivity index (χ0n) is 20.3. The highest BCUT2D eigenvalue weighted by molar-refractivity contribution is 7.70. The highest BCUT2D eigenvalue weighted by Gasteiger charge is 2.46. The lowest BCUT2D eigenvalue weighted by atomic mass is 10.1. The Bertz CT molecular complexity index is 1680. The smallest absolute Gasteiger partial charge is 0.340 e. The van der Waals surface area contributed by atoms with Gasteiger partial charge in [-0.15, -0.1) is 0 Å². The molecular formula is C22H23ClN6O9P2. The van der Waals surface area contributed by atoms with E-state index in [1.807, 2.05) is 42.5 Å². The molecule has 0 amide bonds. The molecule has 15 nitrogen and oxygen atoms in total. The molecule has 0 aliphatic carbocycles. The Hall–Kier alpha value is -2.81.